The van der Waals surface area contributed by atoms with Crippen molar-refractivity contribution in [2.45, 2.75) is 37.9 Å². The predicted octanol–water partition coefficient (Wildman–Crippen LogP) is 1.28. The van der Waals surface area contributed by atoms with Crippen LogP contribution in [0.4, 0.5) is 13.2 Å². The first-order valence-electron chi connectivity index (χ1n) is 4.93. The zero-order valence-corrected chi connectivity index (χ0v) is 8.60. The monoisotopic (exact) mass is 224 g/mol. The number of carbonyl (C=O) groups excluding carboxylic acids is 1. The van der Waals surface area contributed by atoms with Gasteiger partial charge in [-0.25, -0.2) is 0 Å². The van der Waals surface area contributed by atoms with Crippen molar-refractivity contribution in [3.63, 3.8) is 0 Å². The van der Waals surface area contributed by atoms with E-state index < -0.39 is 24.2 Å². The SMILES string of the molecule is CCCN(CC(F)(F)F)C(=O)C1(N)CC1. The maximum atomic E-state index is 12.2. The van der Waals surface area contributed by atoms with E-state index in [2.05, 4.69) is 0 Å². The second kappa shape index (κ2) is 4.00. The summed E-state index contributed by atoms with van der Waals surface area (Å²) in [7, 11) is 0. The first kappa shape index (κ1) is 12.3. The average molecular weight is 224 g/mol. The fraction of sp³-hybridized carbons (Fsp3) is 0.889. The van der Waals surface area contributed by atoms with Crippen molar-refractivity contribution in [1.82, 2.24) is 4.90 Å². The summed E-state index contributed by atoms with van der Waals surface area (Å²) in [5.41, 5.74) is 4.57. The van der Waals surface area contributed by atoms with Gasteiger partial charge in [0.25, 0.3) is 0 Å². The van der Waals surface area contributed by atoms with Gasteiger partial charge in [-0.2, -0.15) is 13.2 Å². The molecule has 1 saturated carbocycles. The van der Waals surface area contributed by atoms with Crippen LogP contribution in [0.1, 0.15) is 26.2 Å². The number of nitrogens with two attached hydrogens (primary N) is 1. The Kier molecular flexibility index (Phi) is 3.28. The van der Waals surface area contributed by atoms with Gasteiger partial charge in [-0.05, 0) is 19.3 Å². The minimum Gasteiger partial charge on any atom is -0.332 e. The number of halogens is 3. The van der Waals surface area contributed by atoms with Gasteiger partial charge in [0.15, 0.2) is 0 Å². The van der Waals surface area contributed by atoms with E-state index in [4.69, 9.17) is 5.73 Å². The molecule has 1 fully saturated rings. The van der Waals surface area contributed by atoms with Crippen molar-refractivity contribution >= 4 is 5.91 Å². The van der Waals surface area contributed by atoms with Gasteiger partial charge in [-0.15, -0.1) is 0 Å². The van der Waals surface area contributed by atoms with Crippen LogP contribution in [0, 0.1) is 0 Å². The van der Waals surface area contributed by atoms with E-state index in [-0.39, 0.29) is 6.54 Å². The molecule has 3 nitrogen and oxygen atoms in total. The van der Waals surface area contributed by atoms with Crippen molar-refractivity contribution in [3.8, 4) is 0 Å². The standard InChI is InChI=1S/C9H15F3N2O/c1-2-5-14(6-9(10,11)12)7(15)8(13)3-4-8/h2-6,13H2,1H3. The molecule has 6 heteroatoms. The van der Waals surface area contributed by atoms with Crippen LogP contribution in [0.25, 0.3) is 0 Å². The average Bonchev–Trinajstić information content (AvgIpc) is 2.81. The molecule has 1 aliphatic rings. The maximum absolute atomic E-state index is 12.2. The second-order valence-corrected chi connectivity index (χ2v) is 4.00. The molecule has 1 amide bonds. The smallest absolute Gasteiger partial charge is 0.332 e. The van der Waals surface area contributed by atoms with Gasteiger partial charge in [-0.1, -0.05) is 6.92 Å². The minimum atomic E-state index is -4.35. The Hall–Kier alpha value is -0.780. The van der Waals surface area contributed by atoms with Crippen LogP contribution in [-0.4, -0.2) is 35.6 Å². The topological polar surface area (TPSA) is 46.3 Å². The van der Waals surface area contributed by atoms with Crippen LogP contribution in [0.5, 0.6) is 0 Å². The van der Waals surface area contributed by atoms with E-state index in [0.717, 1.165) is 4.90 Å². The normalized spacial score (nSPS) is 18.7. The van der Waals surface area contributed by atoms with Gasteiger partial charge in [-0.3, -0.25) is 4.79 Å². The van der Waals surface area contributed by atoms with E-state index in [0.29, 0.717) is 19.3 Å². The van der Waals surface area contributed by atoms with Gasteiger partial charge in [0.1, 0.15) is 6.54 Å². The number of hydrogen-bond donors (Lipinski definition) is 1. The van der Waals surface area contributed by atoms with Crippen LogP contribution >= 0.6 is 0 Å². The maximum Gasteiger partial charge on any atom is 0.406 e. The van der Waals surface area contributed by atoms with Gasteiger partial charge >= 0.3 is 6.18 Å². The largest absolute Gasteiger partial charge is 0.406 e. The van der Waals surface area contributed by atoms with E-state index in [9.17, 15) is 18.0 Å². The van der Waals surface area contributed by atoms with E-state index in [1.54, 1.807) is 6.92 Å². The highest BCUT2D eigenvalue weighted by Gasteiger charge is 2.49. The van der Waals surface area contributed by atoms with Crippen LogP contribution < -0.4 is 5.73 Å². The van der Waals surface area contributed by atoms with Crippen LogP contribution in [0.15, 0.2) is 0 Å². The molecular weight excluding hydrogens is 209 g/mol. The zero-order valence-electron chi connectivity index (χ0n) is 8.60. The third-order valence-electron chi connectivity index (χ3n) is 2.37. The molecule has 0 aliphatic heterocycles. The number of carbonyl (C=O) groups is 1. The quantitative estimate of drug-likeness (QED) is 0.781. The summed E-state index contributed by atoms with van der Waals surface area (Å²) in [6.07, 6.45) is -2.87. The van der Waals surface area contributed by atoms with Crippen molar-refractivity contribution < 1.29 is 18.0 Å². The summed E-state index contributed by atoms with van der Waals surface area (Å²) < 4.78 is 36.5. The lowest BCUT2D eigenvalue weighted by atomic mass is 10.2. The molecule has 15 heavy (non-hydrogen) atoms. The highest BCUT2D eigenvalue weighted by molar-refractivity contribution is 5.89. The lowest BCUT2D eigenvalue weighted by molar-refractivity contribution is -0.162. The van der Waals surface area contributed by atoms with Gasteiger partial charge < -0.3 is 10.6 Å². The molecule has 0 aromatic carbocycles. The Labute approximate surface area is 86.4 Å². The molecule has 1 aliphatic carbocycles. The highest BCUT2D eigenvalue weighted by Crippen LogP contribution is 2.34. The first-order valence-corrected chi connectivity index (χ1v) is 4.93. The zero-order chi connectivity index (χ0) is 11.7. The summed E-state index contributed by atoms with van der Waals surface area (Å²) in [5, 5.41) is 0. The number of hydrogen-bond acceptors (Lipinski definition) is 2. The van der Waals surface area contributed by atoms with Crippen LogP contribution in [0.2, 0.25) is 0 Å². The number of nitrogens with zero attached hydrogens (tertiary/aromatic N) is 1. The first-order chi connectivity index (χ1) is 6.78. The molecule has 0 heterocycles. The van der Waals surface area contributed by atoms with Crippen LogP contribution in [0.3, 0.4) is 0 Å². The van der Waals surface area contributed by atoms with E-state index in [1.165, 1.54) is 0 Å². The summed E-state index contributed by atoms with van der Waals surface area (Å²) >= 11 is 0. The predicted molar refractivity (Wildman–Crippen MR) is 49.1 cm³/mol. The number of rotatable bonds is 4. The summed E-state index contributed by atoms with van der Waals surface area (Å²) in [6.45, 7) is 0.642. The van der Waals surface area contributed by atoms with Gasteiger partial charge in [0.2, 0.25) is 5.91 Å². The Balaban J connectivity index is 2.61. The molecule has 0 unspecified atom stereocenters. The molecule has 0 spiro atoms. The number of amides is 1. The molecule has 2 N–H and O–H groups in total. The summed E-state index contributed by atoms with van der Waals surface area (Å²) in [6, 6.07) is 0. The third kappa shape index (κ3) is 3.37. The second-order valence-electron chi connectivity index (χ2n) is 4.00. The minimum absolute atomic E-state index is 0.108. The fourth-order valence-corrected chi connectivity index (χ4v) is 1.40. The highest BCUT2D eigenvalue weighted by atomic mass is 19.4. The van der Waals surface area contributed by atoms with E-state index in [1.807, 2.05) is 0 Å². The van der Waals surface area contributed by atoms with Gasteiger partial charge in [0.05, 0.1) is 5.54 Å². The Bertz CT molecular complexity index is 248. The molecule has 1 rings (SSSR count). The lowest BCUT2D eigenvalue weighted by Crippen LogP contribution is -2.49. The van der Waals surface area contributed by atoms with Crippen molar-refractivity contribution in [1.29, 1.82) is 0 Å². The lowest BCUT2D eigenvalue weighted by Gasteiger charge is -2.26. The molecule has 0 atom stereocenters. The Morgan fingerprint density at radius 3 is 2.33 bits per heavy atom. The van der Waals surface area contributed by atoms with Crippen molar-refractivity contribution in [2.75, 3.05) is 13.1 Å². The van der Waals surface area contributed by atoms with Crippen molar-refractivity contribution in [2.24, 2.45) is 5.73 Å². The van der Waals surface area contributed by atoms with E-state index >= 15 is 0 Å². The number of alkyl halides is 3. The molecular formula is C9H15F3N2O. The summed E-state index contributed by atoms with van der Waals surface area (Å²) in [5.74, 6) is -0.568. The third-order valence-corrected chi connectivity index (χ3v) is 2.37. The molecule has 0 aromatic rings. The molecule has 0 bridgehead atoms. The Morgan fingerprint density at radius 1 is 1.47 bits per heavy atom. The summed E-state index contributed by atoms with van der Waals surface area (Å²) in [4.78, 5) is 12.4. The molecule has 0 aromatic heterocycles. The molecule has 88 valence electrons. The molecule has 0 saturated heterocycles. The van der Waals surface area contributed by atoms with Crippen molar-refractivity contribution in [3.05, 3.63) is 0 Å². The fourth-order valence-electron chi connectivity index (χ4n) is 1.40. The Morgan fingerprint density at radius 2 is 2.00 bits per heavy atom. The van der Waals surface area contributed by atoms with Crippen LogP contribution in [-0.2, 0) is 4.79 Å². The molecule has 0 radical (unpaired) electrons. The van der Waals surface area contributed by atoms with Gasteiger partial charge in [0, 0.05) is 6.54 Å².